The van der Waals surface area contributed by atoms with Gasteiger partial charge in [0.05, 0.1) is 6.54 Å². The quantitative estimate of drug-likeness (QED) is 0.873. The average Bonchev–Trinajstić information content (AvgIpc) is 2.14. The molecule has 0 saturated carbocycles. The van der Waals surface area contributed by atoms with E-state index < -0.39 is 23.4 Å². The monoisotopic (exact) mass is 249 g/mol. The van der Waals surface area contributed by atoms with E-state index in [0.717, 1.165) is 0 Å². The lowest BCUT2D eigenvalue weighted by Gasteiger charge is -2.12. The van der Waals surface area contributed by atoms with Crippen LogP contribution in [0.4, 0.5) is 13.2 Å². The zero-order valence-corrected chi connectivity index (χ0v) is 9.12. The van der Waals surface area contributed by atoms with E-state index in [9.17, 15) is 18.0 Å². The highest BCUT2D eigenvalue weighted by Crippen LogP contribution is 2.30. The number of nitrogens with zero attached hydrogens (tertiary/aromatic N) is 3. The molecule has 0 unspecified atom stereocenters. The second-order valence-electron chi connectivity index (χ2n) is 3.59. The summed E-state index contributed by atoms with van der Waals surface area (Å²) < 4.78 is 37.7. The first kappa shape index (κ1) is 13.4. The fraction of sp³-hybridized carbons (Fsp3) is 0.444. The van der Waals surface area contributed by atoms with E-state index >= 15 is 0 Å². The minimum absolute atomic E-state index is 0.0766. The molecule has 0 spiro atoms. The fourth-order valence-corrected chi connectivity index (χ4v) is 1.15. The van der Waals surface area contributed by atoms with E-state index in [1.54, 1.807) is 19.0 Å². The van der Waals surface area contributed by atoms with Crippen LogP contribution >= 0.6 is 0 Å². The van der Waals surface area contributed by atoms with E-state index in [1.807, 2.05) is 0 Å². The van der Waals surface area contributed by atoms with Gasteiger partial charge in [-0.1, -0.05) is 0 Å². The van der Waals surface area contributed by atoms with Gasteiger partial charge in [0.15, 0.2) is 5.69 Å². The smallest absolute Gasteiger partial charge is 0.434 e. The van der Waals surface area contributed by atoms with Gasteiger partial charge in [0.1, 0.15) is 11.4 Å². The number of alkyl halides is 3. The largest absolute Gasteiger partial charge is 0.478 e. The second kappa shape index (κ2) is 4.66. The molecule has 94 valence electrons. The molecule has 8 heteroatoms. The molecular formula is C9H10F3N3O2. The molecule has 0 radical (unpaired) electrons. The maximum absolute atomic E-state index is 12.6. The lowest BCUT2D eigenvalue weighted by molar-refractivity contribution is -0.142. The van der Waals surface area contributed by atoms with Crippen LogP contribution in [0.2, 0.25) is 0 Å². The van der Waals surface area contributed by atoms with Gasteiger partial charge in [0.2, 0.25) is 0 Å². The summed E-state index contributed by atoms with van der Waals surface area (Å²) in [6, 6.07) is 0. The maximum atomic E-state index is 12.6. The lowest BCUT2D eigenvalue weighted by Crippen LogP contribution is -2.20. The van der Waals surface area contributed by atoms with Gasteiger partial charge in [0, 0.05) is 6.20 Å². The molecule has 1 rings (SSSR count). The van der Waals surface area contributed by atoms with Gasteiger partial charge in [-0.3, -0.25) is 0 Å². The van der Waals surface area contributed by atoms with Crippen molar-refractivity contribution in [1.29, 1.82) is 0 Å². The Balaban J connectivity index is 3.25. The van der Waals surface area contributed by atoms with Crippen LogP contribution in [0.15, 0.2) is 6.20 Å². The highest BCUT2D eigenvalue weighted by atomic mass is 19.4. The zero-order valence-electron chi connectivity index (χ0n) is 9.12. The molecule has 1 aromatic rings. The number of carboxylic acids is 1. The number of carbonyl (C=O) groups is 1. The van der Waals surface area contributed by atoms with Gasteiger partial charge in [-0.05, 0) is 14.1 Å². The Labute approximate surface area is 94.9 Å². The van der Waals surface area contributed by atoms with Crippen LogP contribution in [-0.4, -0.2) is 40.0 Å². The van der Waals surface area contributed by atoms with Crippen molar-refractivity contribution in [3.63, 3.8) is 0 Å². The Kier molecular flexibility index (Phi) is 3.66. The molecule has 0 atom stereocenters. The summed E-state index contributed by atoms with van der Waals surface area (Å²) in [6.45, 7) is 0.100. The normalized spacial score (nSPS) is 11.9. The van der Waals surface area contributed by atoms with Crippen LogP contribution in [0.5, 0.6) is 0 Å². The molecule has 0 aliphatic heterocycles. The van der Waals surface area contributed by atoms with E-state index in [1.165, 1.54) is 0 Å². The van der Waals surface area contributed by atoms with Crippen LogP contribution in [0, 0.1) is 0 Å². The number of aromatic carboxylic acids is 1. The summed E-state index contributed by atoms with van der Waals surface area (Å²) in [5.74, 6) is -1.78. The Morgan fingerprint density at radius 1 is 1.47 bits per heavy atom. The summed E-state index contributed by atoms with van der Waals surface area (Å²) in [6.07, 6.45) is -4.13. The van der Waals surface area contributed by atoms with Crippen LogP contribution < -0.4 is 0 Å². The molecule has 17 heavy (non-hydrogen) atoms. The topological polar surface area (TPSA) is 66.3 Å². The molecule has 0 bridgehead atoms. The number of halogens is 3. The average molecular weight is 249 g/mol. The first-order chi connectivity index (χ1) is 7.71. The molecule has 0 aromatic carbocycles. The molecule has 0 aliphatic rings. The third-order valence-corrected chi connectivity index (χ3v) is 1.80. The van der Waals surface area contributed by atoms with Gasteiger partial charge in [-0.25, -0.2) is 14.8 Å². The summed E-state index contributed by atoms with van der Waals surface area (Å²) >= 11 is 0. The summed E-state index contributed by atoms with van der Waals surface area (Å²) in [7, 11) is 3.28. The fourth-order valence-electron chi connectivity index (χ4n) is 1.15. The van der Waals surface area contributed by atoms with E-state index in [-0.39, 0.29) is 12.4 Å². The number of hydrogen-bond donors (Lipinski definition) is 1. The molecular weight excluding hydrogens is 239 g/mol. The highest BCUT2D eigenvalue weighted by molar-refractivity contribution is 5.88. The third kappa shape index (κ3) is 3.38. The van der Waals surface area contributed by atoms with Gasteiger partial charge in [-0.2, -0.15) is 13.2 Å². The van der Waals surface area contributed by atoms with E-state index in [2.05, 4.69) is 9.97 Å². The lowest BCUT2D eigenvalue weighted by atomic mass is 10.2. The van der Waals surface area contributed by atoms with Crippen molar-refractivity contribution in [2.24, 2.45) is 0 Å². The molecule has 1 heterocycles. The number of carboxylic acid groups (broad SMARTS) is 1. The molecule has 0 fully saturated rings. The van der Waals surface area contributed by atoms with Crippen molar-refractivity contribution in [1.82, 2.24) is 14.9 Å². The van der Waals surface area contributed by atoms with Crippen LogP contribution in [0.3, 0.4) is 0 Å². The van der Waals surface area contributed by atoms with Gasteiger partial charge in [-0.15, -0.1) is 0 Å². The minimum Gasteiger partial charge on any atom is -0.478 e. The molecule has 5 nitrogen and oxygen atoms in total. The van der Waals surface area contributed by atoms with Crippen LogP contribution in [-0.2, 0) is 12.7 Å². The standard InChI is InChI=1S/C9H10F3N3O2/c1-15(2)4-6-13-3-5(8(16)17)7(14-6)9(10,11)12/h3H,4H2,1-2H3,(H,16,17). The van der Waals surface area contributed by atoms with E-state index in [0.29, 0.717) is 6.20 Å². The first-order valence-corrected chi connectivity index (χ1v) is 4.53. The molecule has 0 saturated heterocycles. The van der Waals surface area contributed by atoms with Crippen molar-refractivity contribution in [2.75, 3.05) is 14.1 Å². The Hall–Kier alpha value is -1.70. The summed E-state index contributed by atoms with van der Waals surface area (Å²) in [5, 5.41) is 8.61. The number of hydrogen-bond acceptors (Lipinski definition) is 4. The molecule has 1 N–H and O–H groups in total. The van der Waals surface area contributed by atoms with Gasteiger partial charge >= 0.3 is 12.1 Å². The predicted octanol–water partition coefficient (Wildman–Crippen LogP) is 1.26. The van der Waals surface area contributed by atoms with Crippen molar-refractivity contribution in [3.8, 4) is 0 Å². The van der Waals surface area contributed by atoms with Crippen molar-refractivity contribution >= 4 is 5.97 Å². The van der Waals surface area contributed by atoms with Crippen LogP contribution in [0.25, 0.3) is 0 Å². The van der Waals surface area contributed by atoms with E-state index in [4.69, 9.17) is 5.11 Å². The zero-order chi connectivity index (χ0) is 13.2. The Morgan fingerprint density at radius 2 is 2.06 bits per heavy atom. The second-order valence-corrected chi connectivity index (χ2v) is 3.59. The maximum Gasteiger partial charge on any atom is 0.434 e. The Morgan fingerprint density at radius 3 is 2.47 bits per heavy atom. The van der Waals surface area contributed by atoms with Crippen molar-refractivity contribution in [2.45, 2.75) is 12.7 Å². The van der Waals surface area contributed by atoms with Gasteiger partial charge < -0.3 is 10.0 Å². The molecule has 0 aliphatic carbocycles. The minimum atomic E-state index is -4.81. The van der Waals surface area contributed by atoms with Crippen molar-refractivity contribution in [3.05, 3.63) is 23.3 Å². The van der Waals surface area contributed by atoms with Crippen LogP contribution in [0.1, 0.15) is 21.9 Å². The third-order valence-electron chi connectivity index (χ3n) is 1.80. The first-order valence-electron chi connectivity index (χ1n) is 4.53. The Bertz CT molecular complexity index is 432. The number of aromatic nitrogens is 2. The summed E-state index contributed by atoms with van der Waals surface area (Å²) in [5.41, 5.74) is -2.36. The summed E-state index contributed by atoms with van der Waals surface area (Å²) in [4.78, 5) is 19.0. The SMILES string of the molecule is CN(C)Cc1ncc(C(=O)O)c(C(F)(F)F)n1. The predicted molar refractivity (Wildman–Crippen MR) is 51.4 cm³/mol. The van der Waals surface area contributed by atoms with Crippen molar-refractivity contribution < 1.29 is 23.1 Å². The number of rotatable bonds is 3. The molecule has 1 aromatic heterocycles. The van der Waals surface area contributed by atoms with Gasteiger partial charge in [0.25, 0.3) is 0 Å². The highest BCUT2D eigenvalue weighted by Gasteiger charge is 2.38. The molecule has 0 amide bonds.